The number of carbonyl (C=O) groups is 3. The maximum Gasteiger partial charge on any atom is 0.269 e. The average molecular weight is 696 g/mol. The molecule has 4 heterocycles. The second-order valence-electron chi connectivity index (χ2n) is 14.3. The van der Waals surface area contributed by atoms with Crippen molar-refractivity contribution in [3.8, 4) is 11.5 Å². The molecule has 10 nitrogen and oxygen atoms in total. The standard InChI is InChI=1S/C39H45N3O7Si/c1-6-19-41-31-18-13-26(42-32-11-7-8-12-33(32)48-24-36(42)45)21-30(31)39(38(41)46)25(2)37(50(4,5)29-16-14-28(47-3)15-17-29)34(49-39)22-35(44)40-20-9-10-27(40)23-43/h6-8,11-18,21,25,27,34,37,43H,1,9-10,19-20,22-24H2,2-5H3/t25-,27-,34+,37-,39+/m0/s1. The molecule has 7 rings (SSSR count). The van der Waals surface area contributed by atoms with Gasteiger partial charge in [0.05, 0.1) is 51.7 Å². The molecule has 3 amide bonds. The topological polar surface area (TPSA) is 109 Å². The quantitative estimate of drug-likeness (QED) is 0.251. The second-order valence-corrected chi connectivity index (χ2v) is 19.0. The van der Waals surface area contributed by atoms with Gasteiger partial charge >= 0.3 is 0 Å². The van der Waals surface area contributed by atoms with Gasteiger partial charge in [-0.05, 0) is 60.8 Å². The van der Waals surface area contributed by atoms with Crippen molar-refractivity contribution in [2.24, 2.45) is 5.92 Å². The number of fused-ring (bicyclic) bond motifs is 3. The van der Waals surface area contributed by atoms with Crippen molar-refractivity contribution in [3.63, 3.8) is 0 Å². The molecule has 50 heavy (non-hydrogen) atoms. The molecule has 3 aromatic rings. The first kappa shape index (κ1) is 34.0. The molecule has 0 radical (unpaired) electrons. The summed E-state index contributed by atoms with van der Waals surface area (Å²) in [4.78, 5) is 47.5. The van der Waals surface area contributed by atoms with Gasteiger partial charge in [-0.3, -0.25) is 19.3 Å². The van der Waals surface area contributed by atoms with Crippen LogP contribution in [0.1, 0.15) is 31.7 Å². The van der Waals surface area contributed by atoms with Crippen LogP contribution < -0.4 is 24.5 Å². The van der Waals surface area contributed by atoms with Gasteiger partial charge in [0.1, 0.15) is 11.5 Å². The number of carbonyl (C=O) groups excluding carboxylic acids is 3. The van der Waals surface area contributed by atoms with Gasteiger partial charge in [-0.2, -0.15) is 0 Å². The van der Waals surface area contributed by atoms with Gasteiger partial charge in [0.15, 0.2) is 12.2 Å². The normalized spacial score (nSPS) is 25.9. The van der Waals surface area contributed by atoms with Crippen molar-refractivity contribution < 1.29 is 33.7 Å². The fourth-order valence-corrected chi connectivity index (χ4v) is 13.0. The number of nitrogens with zero attached hydrogens (tertiary/aromatic N) is 3. The van der Waals surface area contributed by atoms with Crippen LogP contribution in [-0.4, -0.2) is 81.4 Å². The van der Waals surface area contributed by atoms with Crippen LogP contribution in [0.2, 0.25) is 18.6 Å². The molecule has 0 saturated carbocycles. The molecule has 0 aliphatic carbocycles. The maximum absolute atomic E-state index is 14.9. The van der Waals surface area contributed by atoms with Crippen LogP contribution in [0, 0.1) is 5.92 Å². The summed E-state index contributed by atoms with van der Waals surface area (Å²) in [6, 6.07) is 21.0. The Morgan fingerprint density at radius 1 is 1.10 bits per heavy atom. The Morgan fingerprint density at radius 2 is 1.86 bits per heavy atom. The van der Waals surface area contributed by atoms with Crippen LogP contribution in [0.25, 0.3) is 0 Å². The van der Waals surface area contributed by atoms with E-state index < -0.39 is 19.8 Å². The number of benzene rings is 3. The fourth-order valence-electron chi connectivity index (χ4n) is 8.98. The Labute approximate surface area is 294 Å². The van der Waals surface area contributed by atoms with E-state index in [1.54, 1.807) is 27.9 Å². The average Bonchev–Trinajstić information content (AvgIpc) is 3.79. The van der Waals surface area contributed by atoms with Gasteiger partial charge in [0.2, 0.25) is 5.91 Å². The Morgan fingerprint density at radius 3 is 2.58 bits per heavy atom. The summed E-state index contributed by atoms with van der Waals surface area (Å²) in [5.41, 5.74) is 1.07. The smallest absolute Gasteiger partial charge is 0.269 e. The predicted molar refractivity (Wildman–Crippen MR) is 194 cm³/mol. The molecule has 0 bridgehead atoms. The summed E-state index contributed by atoms with van der Waals surface area (Å²) in [5.74, 6) is 0.543. The minimum Gasteiger partial charge on any atom is -0.497 e. The Balaban J connectivity index is 1.36. The number of likely N-dealkylation sites (tertiary alicyclic amines) is 1. The summed E-state index contributed by atoms with van der Waals surface area (Å²) in [6.07, 6.45) is 2.83. The number of aliphatic hydroxyl groups is 1. The zero-order valence-electron chi connectivity index (χ0n) is 29.1. The van der Waals surface area contributed by atoms with E-state index in [1.165, 1.54) is 5.19 Å². The number of hydrogen-bond acceptors (Lipinski definition) is 7. The third kappa shape index (κ3) is 5.25. The van der Waals surface area contributed by atoms with Gasteiger partial charge in [-0.25, -0.2) is 0 Å². The fraction of sp³-hybridized carbons (Fsp3) is 0.410. The number of rotatable bonds is 9. The molecule has 2 fully saturated rings. The lowest BCUT2D eigenvalue weighted by Crippen LogP contribution is -2.52. The van der Waals surface area contributed by atoms with Crippen LogP contribution >= 0.6 is 0 Å². The summed E-state index contributed by atoms with van der Waals surface area (Å²) in [5, 5.41) is 11.2. The van der Waals surface area contributed by atoms with E-state index >= 15 is 0 Å². The van der Waals surface area contributed by atoms with E-state index in [0.29, 0.717) is 34.9 Å². The number of amides is 3. The monoisotopic (exact) mass is 695 g/mol. The van der Waals surface area contributed by atoms with E-state index in [0.717, 1.165) is 18.6 Å². The van der Waals surface area contributed by atoms with Crippen molar-refractivity contribution in [3.05, 3.63) is 84.9 Å². The van der Waals surface area contributed by atoms with E-state index in [2.05, 4.69) is 38.7 Å². The third-order valence-electron chi connectivity index (χ3n) is 11.4. The molecule has 11 heteroatoms. The lowest BCUT2D eigenvalue weighted by molar-refractivity contribution is -0.149. The van der Waals surface area contributed by atoms with Crippen molar-refractivity contribution in [1.82, 2.24) is 4.90 Å². The molecular weight excluding hydrogens is 651 g/mol. The first-order chi connectivity index (χ1) is 24.1. The highest BCUT2D eigenvalue weighted by atomic mass is 28.3. The second kappa shape index (κ2) is 13.0. The van der Waals surface area contributed by atoms with E-state index in [9.17, 15) is 19.5 Å². The van der Waals surface area contributed by atoms with Gasteiger partial charge in [0, 0.05) is 30.3 Å². The van der Waals surface area contributed by atoms with E-state index in [-0.39, 0.29) is 61.4 Å². The minimum atomic E-state index is -2.50. The number of para-hydroxylation sites is 2. The van der Waals surface area contributed by atoms with Crippen molar-refractivity contribution in [2.75, 3.05) is 43.2 Å². The first-order valence-corrected chi connectivity index (χ1v) is 20.5. The highest BCUT2D eigenvalue weighted by Crippen LogP contribution is 2.60. The highest BCUT2D eigenvalue weighted by Gasteiger charge is 2.66. The lowest BCUT2D eigenvalue weighted by atomic mass is 9.82. The lowest BCUT2D eigenvalue weighted by Gasteiger charge is -2.37. The number of aliphatic hydroxyl groups excluding tert-OH is 1. The molecule has 5 atom stereocenters. The molecule has 0 unspecified atom stereocenters. The number of methoxy groups -OCH3 is 1. The molecule has 2 saturated heterocycles. The third-order valence-corrected chi connectivity index (χ3v) is 15.7. The zero-order chi connectivity index (χ0) is 35.4. The van der Waals surface area contributed by atoms with Crippen LogP contribution in [0.4, 0.5) is 17.1 Å². The van der Waals surface area contributed by atoms with Gasteiger partial charge in [-0.15, -0.1) is 6.58 Å². The summed E-state index contributed by atoms with van der Waals surface area (Å²) in [7, 11) is -0.859. The Bertz CT molecular complexity index is 1830. The summed E-state index contributed by atoms with van der Waals surface area (Å²) in [6.45, 7) is 11.3. The number of anilines is 3. The van der Waals surface area contributed by atoms with Gasteiger partial charge in [-0.1, -0.05) is 55.5 Å². The zero-order valence-corrected chi connectivity index (χ0v) is 30.1. The minimum absolute atomic E-state index is 0.0711. The van der Waals surface area contributed by atoms with Gasteiger partial charge in [0.25, 0.3) is 11.8 Å². The van der Waals surface area contributed by atoms with Crippen LogP contribution in [0.15, 0.2) is 79.4 Å². The summed E-state index contributed by atoms with van der Waals surface area (Å²) >= 11 is 0. The van der Waals surface area contributed by atoms with Crippen LogP contribution in [-0.2, 0) is 24.7 Å². The molecule has 1 spiro atoms. The van der Waals surface area contributed by atoms with Crippen molar-refractivity contribution >= 4 is 48.0 Å². The summed E-state index contributed by atoms with van der Waals surface area (Å²) < 4.78 is 18.4. The highest BCUT2D eigenvalue weighted by molar-refractivity contribution is 6.91. The number of hydrogen-bond donors (Lipinski definition) is 1. The molecular formula is C39H45N3O7Si. The molecule has 262 valence electrons. The maximum atomic E-state index is 14.9. The Kier molecular flexibility index (Phi) is 8.86. The SMILES string of the molecule is C=CCN1C(=O)[C@]2(O[C@H](CC(=O)N3CCC[C@H]3CO)[C@@H]([Si](C)(C)c3ccc(OC)cc3)[C@@H]2C)c2cc(N3C(=O)COc4ccccc43)ccc21. The Hall–Kier alpha value is -4.45. The molecule has 1 N–H and O–H groups in total. The molecule has 4 aliphatic rings. The predicted octanol–water partition coefficient (Wildman–Crippen LogP) is 4.87. The molecule has 0 aromatic heterocycles. The van der Waals surface area contributed by atoms with Crippen LogP contribution in [0.5, 0.6) is 11.5 Å². The van der Waals surface area contributed by atoms with Crippen molar-refractivity contribution in [1.29, 1.82) is 0 Å². The van der Waals surface area contributed by atoms with Gasteiger partial charge < -0.3 is 29.1 Å². The number of ether oxygens (including phenoxy) is 3. The molecule has 4 aliphatic heterocycles. The van der Waals surface area contributed by atoms with E-state index in [4.69, 9.17) is 14.2 Å². The van der Waals surface area contributed by atoms with Crippen molar-refractivity contribution in [2.45, 2.75) is 62.6 Å². The molecule has 3 aromatic carbocycles. The first-order valence-electron chi connectivity index (χ1n) is 17.4. The van der Waals surface area contributed by atoms with Crippen LogP contribution in [0.3, 0.4) is 0 Å². The largest absolute Gasteiger partial charge is 0.497 e. The van der Waals surface area contributed by atoms with E-state index in [1.807, 2.05) is 54.6 Å².